The molecule has 4 aromatic carbocycles. The summed E-state index contributed by atoms with van der Waals surface area (Å²) in [6, 6.07) is 32.8. The standard InChI is InChI=1S/C32H34N2O2/c1-2-7-29-22-28(26-13-15-27(16-14-26)32(33)34)17-20-31(29)35-21-6-10-24-11-18-30(19-12-24)36-23-25-8-4-3-5-9-25/h3-5,8-9,11-20,22H,2,6-7,10,21,23H2,1H3,(H3,33,34). The van der Waals surface area contributed by atoms with E-state index in [9.17, 15) is 0 Å². The van der Waals surface area contributed by atoms with Crippen LogP contribution in [0.1, 0.15) is 42.0 Å². The number of ether oxygens (including phenoxy) is 2. The fourth-order valence-electron chi connectivity index (χ4n) is 4.16. The zero-order valence-corrected chi connectivity index (χ0v) is 20.9. The Morgan fingerprint density at radius 2 is 1.47 bits per heavy atom. The highest BCUT2D eigenvalue weighted by Crippen LogP contribution is 2.28. The third kappa shape index (κ3) is 6.98. The highest BCUT2D eigenvalue weighted by Gasteiger charge is 2.08. The number of nitrogen functional groups attached to an aromatic ring is 1. The quantitative estimate of drug-likeness (QED) is 0.129. The van der Waals surface area contributed by atoms with E-state index in [-0.39, 0.29) is 5.84 Å². The van der Waals surface area contributed by atoms with Crippen LogP contribution in [-0.4, -0.2) is 12.4 Å². The minimum Gasteiger partial charge on any atom is -0.493 e. The molecule has 4 aromatic rings. The third-order valence-corrected chi connectivity index (χ3v) is 6.15. The molecule has 0 aromatic heterocycles. The topological polar surface area (TPSA) is 68.3 Å². The summed E-state index contributed by atoms with van der Waals surface area (Å²) < 4.78 is 12.1. The second kappa shape index (κ2) is 12.6. The minimum atomic E-state index is 0.0873. The van der Waals surface area contributed by atoms with E-state index in [4.69, 9.17) is 20.6 Å². The van der Waals surface area contributed by atoms with Crippen LogP contribution in [0, 0.1) is 5.41 Å². The molecule has 184 valence electrons. The Balaban J connectivity index is 1.29. The molecule has 0 spiro atoms. The highest BCUT2D eigenvalue weighted by atomic mass is 16.5. The molecule has 0 atom stereocenters. The van der Waals surface area contributed by atoms with E-state index in [0.29, 0.717) is 13.2 Å². The predicted molar refractivity (Wildman–Crippen MR) is 148 cm³/mol. The van der Waals surface area contributed by atoms with Gasteiger partial charge in [0.2, 0.25) is 0 Å². The summed E-state index contributed by atoms with van der Waals surface area (Å²) in [7, 11) is 0. The molecule has 0 radical (unpaired) electrons. The third-order valence-electron chi connectivity index (χ3n) is 6.15. The van der Waals surface area contributed by atoms with Gasteiger partial charge in [0, 0.05) is 5.56 Å². The van der Waals surface area contributed by atoms with Gasteiger partial charge in [0.1, 0.15) is 23.9 Å². The van der Waals surface area contributed by atoms with Crippen LogP contribution in [0.5, 0.6) is 11.5 Å². The number of hydrogen-bond acceptors (Lipinski definition) is 3. The van der Waals surface area contributed by atoms with Crippen molar-refractivity contribution in [3.05, 3.63) is 119 Å². The lowest BCUT2D eigenvalue weighted by Gasteiger charge is -2.14. The fraction of sp³-hybridized carbons (Fsp3) is 0.219. The Kier molecular flexibility index (Phi) is 8.77. The van der Waals surface area contributed by atoms with Gasteiger partial charge >= 0.3 is 0 Å². The van der Waals surface area contributed by atoms with E-state index in [1.54, 1.807) is 0 Å². The summed E-state index contributed by atoms with van der Waals surface area (Å²) in [6.07, 6.45) is 3.94. The summed E-state index contributed by atoms with van der Waals surface area (Å²) in [6.45, 7) is 3.44. The lowest BCUT2D eigenvalue weighted by Crippen LogP contribution is -2.10. The van der Waals surface area contributed by atoms with Crippen LogP contribution in [0.25, 0.3) is 11.1 Å². The normalized spacial score (nSPS) is 10.7. The first-order valence-corrected chi connectivity index (χ1v) is 12.6. The monoisotopic (exact) mass is 478 g/mol. The first-order valence-electron chi connectivity index (χ1n) is 12.6. The molecule has 0 aliphatic carbocycles. The summed E-state index contributed by atoms with van der Waals surface area (Å²) in [5, 5.41) is 7.57. The van der Waals surface area contributed by atoms with Crippen LogP contribution in [0.15, 0.2) is 97.1 Å². The largest absolute Gasteiger partial charge is 0.493 e. The number of benzene rings is 4. The molecule has 0 unspecified atom stereocenters. The Morgan fingerprint density at radius 1 is 0.750 bits per heavy atom. The van der Waals surface area contributed by atoms with E-state index in [1.165, 1.54) is 16.7 Å². The van der Waals surface area contributed by atoms with E-state index in [0.717, 1.165) is 53.9 Å². The molecule has 3 N–H and O–H groups in total. The Bertz CT molecular complexity index is 1250. The molecule has 0 saturated carbocycles. The maximum Gasteiger partial charge on any atom is 0.122 e. The van der Waals surface area contributed by atoms with Crippen molar-refractivity contribution in [2.75, 3.05) is 6.61 Å². The Hall–Kier alpha value is -4.05. The smallest absolute Gasteiger partial charge is 0.122 e. The molecule has 4 heteroatoms. The summed E-state index contributed by atoms with van der Waals surface area (Å²) in [4.78, 5) is 0. The van der Waals surface area contributed by atoms with Gasteiger partial charge in [0.05, 0.1) is 6.61 Å². The van der Waals surface area contributed by atoms with Gasteiger partial charge in [-0.15, -0.1) is 0 Å². The van der Waals surface area contributed by atoms with Gasteiger partial charge in [-0.2, -0.15) is 0 Å². The molecule has 0 amide bonds. The van der Waals surface area contributed by atoms with Gasteiger partial charge in [-0.3, -0.25) is 5.41 Å². The molecule has 4 rings (SSSR count). The number of hydrogen-bond donors (Lipinski definition) is 2. The van der Waals surface area contributed by atoms with Crippen molar-refractivity contribution < 1.29 is 9.47 Å². The van der Waals surface area contributed by atoms with Gasteiger partial charge in [-0.1, -0.05) is 86.1 Å². The number of nitrogens with one attached hydrogen (secondary N) is 1. The fourth-order valence-corrected chi connectivity index (χ4v) is 4.16. The van der Waals surface area contributed by atoms with Crippen molar-refractivity contribution in [1.29, 1.82) is 5.41 Å². The maximum absolute atomic E-state index is 7.57. The highest BCUT2D eigenvalue weighted by molar-refractivity contribution is 5.95. The van der Waals surface area contributed by atoms with E-state index in [1.807, 2.05) is 54.6 Å². The van der Waals surface area contributed by atoms with Crippen molar-refractivity contribution in [2.24, 2.45) is 5.73 Å². The molecular weight excluding hydrogens is 444 g/mol. The van der Waals surface area contributed by atoms with Crippen LogP contribution in [-0.2, 0) is 19.4 Å². The summed E-state index contributed by atoms with van der Waals surface area (Å²) in [5.41, 5.74) is 12.3. The lowest BCUT2D eigenvalue weighted by atomic mass is 9.99. The van der Waals surface area contributed by atoms with E-state index >= 15 is 0 Å². The number of aryl methyl sites for hydroxylation is 2. The number of rotatable bonds is 12. The van der Waals surface area contributed by atoms with Crippen molar-refractivity contribution in [3.63, 3.8) is 0 Å². The first-order chi connectivity index (χ1) is 17.6. The molecule has 0 aliphatic rings. The number of amidine groups is 1. The minimum absolute atomic E-state index is 0.0873. The molecular formula is C32H34N2O2. The summed E-state index contributed by atoms with van der Waals surface area (Å²) in [5.74, 6) is 1.94. The maximum atomic E-state index is 7.57. The first kappa shape index (κ1) is 25.1. The zero-order chi connectivity index (χ0) is 25.2. The summed E-state index contributed by atoms with van der Waals surface area (Å²) >= 11 is 0. The van der Waals surface area contributed by atoms with E-state index in [2.05, 4.69) is 49.4 Å². The molecule has 0 fully saturated rings. The molecule has 4 nitrogen and oxygen atoms in total. The van der Waals surface area contributed by atoms with Crippen LogP contribution < -0.4 is 15.2 Å². The van der Waals surface area contributed by atoms with Gasteiger partial charge in [-0.25, -0.2) is 0 Å². The van der Waals surface area contributed by atoms with Crippen molar-refractivity contribution in [2.45, 2.75) is 39.2 Å². The predicted octanol–water partition coefficient (Wildman–Crippen LogP) is 7.18. The van der Waals surface area contributed by atoms with Gasteiger partial charge in [0.25, 0.3) is 0 Å². The van der Waals surface area contributed by atoms with E-state index < -0.39 is 0 Å². The Labute approximate surface area is 214 Å². The van der Waals surface area contributed by atoms with Crippen molar-refractivity contribution in [1.82, 2.24) is 0 Å². The van der Waals surface area contributed by atoms with Crippen LogP contribution in [0.4, 0.5) is 0 Å². The van der Waals surface area contributed by atoms with Crippen LogP contribution in [0.2, 0.25) is 0 Å². The van der Waals surface area contributed by atoms with Crippen LogP contribution >= 0.6 is 0 Å². The van der Waals surface area contributed by atoms with Gasteiger partial charge < -0.3 is 15.2 Å². The molecule has 0 heterocycles. The average Bonchev–Trinajstić information content (AvgIpc) is 2.92. The molecule has 0 bridgehead atoms. The van der Waals surface area contributed by atoms with Crippen molar-refractivity contribution in [3.8, 4) is 22.6 Å². The average molecular weight is 479 g/mol. The Morgan fingerprint density at radius 3 is 2.17 bits per heavy atom. The number of nitrogens with two attached hydrogens (primary N) is 1. The SMILES string of the molecule is CCCc1cc(-c2ccc(C(=N)N)cc2)ccc1OCCCc1ccc(OCc2ccccc2)cc1. The van der Waals surface area contributed by atoms with Crippen molar-refractivity contribution >= 4 is 5.84 Å². The van der Waals surface area contributed by atoms with Gasteiger partial charge in [0.15, 0.2) is 0 Å². The second-order valence-electron chi connectivity index (χ2n) is 8.93. The van der Waals surface area contributed by atoms with Gasteiger partial charge in [-0.05, 0) is 71.3 Å². The molecule has 0 aliphatic heterocycles. The second-order valence-corrected chi connectivity index (χ2v) is 8.93. The molecule has 36 heavy (non-hydrogen) atoms. The van der Waals surface area contributed by atoms with Crippen LogP contribution in [0.3, 0.4) is 0 Å². The molecule has 0 saturated heterocycles. The lowest BCUT2D eigenvalue weighted by molar-refractivity contribution is 0.305. The zero-order valence-electron chi connectivity index (χ0n) is 20.9.